The molecule has 0 radical (unpaired) electrons. The molecule has 0 bridgehead atoms. The Kier molecular flexibility index (Phi) is 4.90. The van der Waals surface area contributed by atoms with Gasteiger partial charge in [-0.05, 0) is 54.5 Å². The highest BCUT2D eigenvalue weighted by Crippen LogP contribution is 2.13. The second-order valence-electron chi connectivity index (χ2n) is 4.72. The molecule has 21 heavy (non-hydrogen) atoms. The molecule has 0 fully saturated rings. The van der Waals surface area contributed by atoms with E-state index in [1.165, 1.54) is 0 Å². The van der Waals surface area contributed by atoms with E-state index in [2.05, 4.69) is 10.6 Å². The molecule has 0 saturated heterocycles. The van der Waals surface area contributed by atoms with Crippen molar-refractivity contribution < 1.29 is 9.90 Å². The summed E-state index contributed by atoms with van der Waals surface area (Å²) in [5.41, 5.74) is 3.65. The first-order valence-electron chi connectivity index (χ1n) is 6.48. The quantitative estimate of drug-likeness (QED) is 0.755. The molecular formula is C16H16N2O2S. The first kappa shape index (κ1) is 15.0. The number of carboxylic acid groups (broad SMARTS) is 1. The summed E-state index contributed by atoms with van der Waals surface area (Å²) in [6.45, 7) is 2.02. The van der Waals surface area contributed by atoms with Crippen LogP contribution in [0.15, 0.2) is 48.5 Å². The fourth-order valence-corrected chi connectivity index (χ4v) is 2.13. The second-order valence-corrected chi connectivity index (χ2v) is 5.12. The van der Waals surface area contributed by atoms with E-state index >= 15 is 0 Å². The zero-order valence-electron chi connectivity index (χ0n) is 11.6. The lowest BCUT2D eigenvalue weighted by Gasteiger charge is -2.11. The second kappa shape index (κ2) is 6.85. The zero-order valence-corrected chi connectivity index (χ0v) is 12.4. The monoisotopic (exact) mass is 300 g/mol. The highest BCUT2D eigenvalue weighted by molar-refractivity contribution is 7.80. The molecule has 0 spiro atoms. The van der Waals surface area contributed by atoms with Crippen LogP contribution in [-0.4, -0.2) is 16.2 Å². The summed E-state index contributed by atoms with van der Waals surface area (Å²) in [7, 11) is 0. The van der Waals surface area contributed by atoms with E-state index in [-0.39, 0.29) is 6.42 Å². The van der Waals surface area contributed by atoms with Crippen molar-refractivity contribution in [2.75, 3.05) is 10.6 Å². The largest absolute Gasteiger partial charge is 0.481 e. The number of nitrogens with one attached hydrogen (secondary N) is 2. The number of hydrogen-bond donors (Lipinski definition) is 3. The minimum absolute atomic E-state index is 0.0201. The van der Waals surface area contributed by atoms with Gasteiger partial charge in [0.1, 0.15) is 0 Å². The lowest BCUT2D eigenvalue weighted by atomic mass is 10.1. The molecule has 3 N–H and O–H groups in total. The molecule has 0 aliphatic heterocycles. The Labute approximate surface area is 128 Å². The number of hydrogen-bond acceptors (Lipinski definition) is 2. The summed E-state index contributed by atoms with van der Waals surface area (Å²) in [4.78, 5) is 10.6. The van der Waals surface area contributed by atoms with Crippen molar-refractivity contribution in [2.24, 2.45) is 0 Å². The molecule has 2 aromatic rings. The Morgan fingerprint density at radius 2 is 1.76 bits per heavy atom. The first-order valence-corrected chi connectivity index (χ1v) is 6.89. The van der Waals surface area contributed by atoms with Gasteiger partial charge in [0.25, 0.3) is 0 Å². The van der Waals surface area contributed by atoms with Crippen LogP contribution < -0.4 is 10.6 Å². The first-order chi connectivity index (χ1) is 10.0. The van der Waals surface area contributed by atoms with Crippen molar-refractivity contribution in [1.82, 2.24) is 0 Å². The molecule has 2 aromatic carbocycles. The number of carboxylic acids is 1. The Bertz CT molecular complexity index is 654. The fraction of sp³-hybridized carbons (Fsp3) is 0.125. The topological polar surface area (TPSA) is 61.4 Å². The van der Waals surface area contributed by atoms with Gasteiger partial charge in [-0.2, -0.15) is 0 Å². The maximum atomic E-state index is 10.6. The smallest absolute Gasteiger partial charge is 0.307 e. The molecule has 5 heteroatoms. The van der Waals surface area contributed by atoms with Crippen LogP contribution >= 0.6 is 12.2 Å². The van der Waals surface area contributed by atoms with E-state index in [1.54, 1.807) is 12.1 Å². The number of carbonyl (C=O) groups is 1. The predicted octanol–water partition coefficient (Wildman–Crippen LogP) is 3.43. The summed E-state index contributed by atoms with van der Waals surface area (Å²) in [6.07, 6.45) is 0.0201. The van der Waals surface area contributed by atoms with Crippen LogP contribution in [0.2, 0.25) is 0 Å². The third kappa shape index (κ3) is 4.89. The van der Waals surface area contributed by atoms with E-state index < -0.39 is 5.97 Å². The normalized spacial score (nSPS) is 9.95. The van der Waals surface area contributed by atoms with Gasteiger partial charge in [0.15, 0.2) is 5.11 Å². The summed E-state index contributed by atoms with van der Waals surface area (Å²) >= 11 is 5.25. The molecule has 0 saturated carbocycles. The Hall–Kier alpha value is -2.40. The van der Waals surface area contributed by atoms with Gasteiger partial charge in [-0.1, -0.05) is 24.3 Å². The van der Waals surface area contributed by atoms with E-state index in [4.69, 9.17) is 17.3 Å². The van der Waals surface area contributed by atoms with Gasteiger partial charge in [0.2, 0.25) is 0 Å². The SMILES string of the molecule is Cc1cccc(NC(=S)Nc2ccc(CC(=O)O)cc2)c1. The van der Waals surface area contributed by atoms with E-state index in [1.807, 2.05) is 43.3 Å². The van der Waals surface area contributed by atoms with Crippen molar-refractivity contribution in [2.45, 2.75) is 13.3 Å². The zero-order chi connectivity index (χ0) is 15.2. The van der Waals surface area contributed by atoms with E-state index in [0.29, 0.717) is 5.11 Å². The van der Waals surface area contributed by atoms with Crippen LogP contribution in [0, 0.1) is 6.92 Å². The maximum Gasteiger partial charge on any atom is 0.307 e. The fourth-order valence-electron chi connectivity index (χ4n) is 1.90. The van der Waals surface area contributed by atoms with Crippen LogP contribution in [0.3, 0.4) is 0 Å². The number of aliphatic carboxylic acids is 1. The van der Waals surface area contributed by atoms with E-state index in [0.717, 1.165) is 22.5 Å². The molecule has 4 nitrogen and oxygen atoms in total. The summed E-state index contributed by atoms with van der Waals surface area (Å²) in [5, 5.41) is 15.4. The van der Waals surface area contributed by atoms with Crippen molar-refractivity contribution in [1.29, 1.82) is 0 Å². The van der Waals surface area contributed by atoms with Crippen molar-refractivity contribution in [3.63, 3.8) is 0 Å². The number of anilines is 2. The third-order valence-electron chi connectivity index (χ3n) is 2.84. The van der Waals surface area contributed by atoms with Crippen molar-refractivity contribution >= 4 is 34.7 Å². The van der Waals surface area contributed by atoms with Crippen molar-refractivity contribution in [3.8, 4) is 0 Å². The molecule has 108 valence electrons. The lowest BCUT2D eigenvalue weighted by Crippen LogP contribution is -2.19. The van der Waals surface area contributed by atoms with Gasteiger partial charge in [-0.25, -0.2) is 0 Å². The minimum Gasteiger partial charge on any atom is -0.481 e. The van der Waals surface area contributed by atoms with Gasteiger partial charge in [-0.15, -0.1) is 0 Å². The molecule has 0 aliphatic rings. The van der Waals surface area contributed by atoms with Gasteiger partial charge < -0.3 is 15.7 Å². The molecule has 0 atom stereocenters. The average Bonchev–Trinajstić information content (AvgIpc) is 2.40. The summed E-state index contributed by atoms with van der Waals surface area (Å²) < 4.78 is 0. The molecular weight excluding hydrogens is 284 g/mol. The molecule has 0 aliphatic carbocycles. The Morgan fingerprint density at radius 3 is 2.38 bits per heavy atom. The third-order valence-corrected chi connectivity index (χ3v) is 3.05. The van der Waals surface area contributed by atoms with Crippen LogP contribution in [-0.2, 0) is 11.2 Å². The number of benzene rings is 2. The van der Waals surface area contributed by atoms with E-state index in [9.17, 15) is 4.79 Å². The van der Waals surface area contributed by atoms with Gasteiger partial charge in [0, 0.05) is 11.4 Å². The van der Waals surface area contributed by atoms with Crippen LogP contribution in [0.5, 0.6) is 0 Å². The van der Waals surface area contributed by atoms with Crippen LogP contribution in [0.1, 0.15) is 11.1 Å². The number of aryl methyl sites for hydroxylation is 1. The maximum absolute atomic E-state index is 10.6. The Morgan fingerprint density at radius 1 is 1.10 bits per heavy atom. The lowest BCUT2D eigenvalue weighted by molar-refractivity contribution is -0.136. The van der Waals surface area contributed by atoms with Crippen LogP contribution in [0.25, 0.3) is 0 Å². The molecule has 2 rings (SSSR count). The van der Waals surface area contributed by atoms with Gasteiger partial charge in [-0.3, -0.25) is 4.79 Å². The Balaban J connectivity index is 1.95. The number of thiocarbonyl (C=S) groups is 1. The summed E-state index contributed by atoms with van der Waals surface area (Å²) in [6, 6.07) is 15.1. The van der Waals surface area contributed by atoms with Crippen LogP contribution in [0.4, 0.5) is 11.4 Å². The summed E-state index contributed by atoms with van der Waals surface area (Å²) in [5.74, 6) is -0.840. The molecule has 0 amide bonds. The van der Waals surface area contributed by atoms with Crippen molar-refractivity contribution in [3.05, 3.63) is 59.7 Å². The average molecular weight is 300 g/mol. The highest BCUT2D eigenvalue weighted by Gasteiger charge is 2.02. The predicted molar refractivity (Wildman–Crippen MR) is 88.8 cm³/mol. The minimum atomic E-state index is -0.840. The molecule has 0 aromatic heterocycles. The molecule has 0 heterocycles. The molecule has 0 unspecified atom stereocenters. The standard InChI is InChI=1S/C16H16N2O2S/c1-11-3-2-4-14(9-11)18-16(21)17-13-7-5-12(6-8-13)10-15(19)20/h2-9H,10H2,1H3,(H,19,20)(H2,17,18,21). The highest BCUT2D eigenvalue weighted by atomic mass is 32.1. The van der Waals surface area contributed by atoms with Gasteiger partial charge in [0.05, 0.1) is 6.42 Å². The van der Waals surface area contributed by atoms with Gasteiger partial charge >= 0.3 is 5.97 Å². The number of rotatable bonds is 4.